The number of phenolic OH excluding ortho intramolecular Hbond substituents is 1. The van der Waals surface area contributed by atoms with Crippen molar-refractivity contribution in [3.8, 4) is 17.2 Å². The lowest BCUT2D eigenvalue weighted by Crippen LogP contribution is -2.37. The molecule has 0 aliphatic heterocycles. The molecule has 0 amide bonds. The Morgan fingerprint density at radius 2 is 0.780 bits per heavy atom. The highest BCUT2D eigenvalue weighted by atomic mass is 31.0. The molecule has 6 rings (SSSR count). The second-order valence-electron chi connectivity index (χ2n) is 26.7. The van der Waals surface area contributed by atoms with Gasteiger partial charge in [0.1, 0.15) is 34.1 Å². The van der Waals surface area contributed by atoms with Crippen molar-refractivity contribution in [1.29, 1.82) is 0 Å². The number of phenols is 1. The highest BCUT2D eigenvalue weighted by molar-refractivity contribution is 6.92. The molecule has 3 aromatic rings. The molecule has 100 heavy (non-hydrogen) atoms. The minimum absolute atomic E-state index is 0. The number of aromatic hydroxyl groups is 1. The second-order valence-corrected chi connectivity index (χ2v) is 26.7. The summed E-state index contributed by atoms with van der Waals surface area (Å²) >= 11 is 0. The summed E-state index contributed by atoms with van der Waals surface area (Å²) < 4.78 is 52.9. The van der Waals surface area contributed by atoms with E-state index in [-0.39, 0.29) is 59.8 Å². The van der Waals surface area contributed by atoms with Gasteiger partial charge < -0.3 is 62.4 Å². The normalized spacial score (nSPS) is 15.9. The first kappa shape index (κ1) is 92.9. The first-order chi connectivity index (χ1) is 46.9. The number of ether oxygens (including phenoxy) is 10. The third kappa shape index (κ3) is 36.5. The topological polar surface area (TPSA) is 215 Å². The predicted molar refractivity (Wildman–Crippen MR) is 404 cm³/mol. The first-order valence-electron chi connectivity index (χ1n) is 35.8. The van der Waals surface area contributed by atoms with Crippen LogP contribution >= 0.6 is 9.90 Å². The zero-order chi connectivity index (χ0) is 74.7. The Bertz CT molecular complexity index is 2800. The minimum atomic E-state index is -0.580. The number of esters is 6. The Hall–Kier alpha value is -7.07. The summed E-state index contributed by atoms with van der Waals surface area (Å²) in [6.45, 7) is 47.7. The molecule has 4 unspecified atom stereocenters. The van der Waals surface area contributed by atoms with Crippen LogP contribution in [0.25, 0.3) is 6.08 Å². The predicted octanol–water partition coefficient (Wildman–Crippen LogP) is 19.6. The highest BCUT2D eigenvalue weighted by Crippen LogP contribution is 2.36. The van der Waals surface area contributed by atoms with E-state index in [4.69, 9.17) is 52.5 Å². The zero-order valence-electron chi connectivity index (χ0n) is 63.6. The molecule has 3 aromatic carbocycles. The van der Waals surface area contributed by atoms with E-state index in [2.05, 4.69) is 72.7 Å². The summed E-state index contributed by atoms with van der Waals surface area (Å²) in [4.78, 5) is 70.0. The molecule has 0 heterocycles. The molecule has 3 aliphatic carbocycles. The summed E-state index contributed by atoms with van der Waals surface area (Å²) in [5.74, 6) is 0.394. The quantitative estimate of drug-likeness (QED) is 0.0164. The molecule has 3 saturated carbocycles. The largest absolute Gasteiger partial charge is 0.577 e. The maximum Gasteiger partial charge on any atom is 0.345 e. The van der Waals surface area contributed by atoms with Crippen molar-refractivity contribution < 1.29 is 81.2 Å². The third-order valence-corrected chi connectivity index (χ3v) is 18.0. The van der Waals surface area contributed by atoms with Crippen LogP contribution in [-0.2, 0) is 66.7 Å². The average molecular weight is 1410 g/mol. The van der Waals surface area contributed by atoms with Crippen LogP contribution in [0.2, 0.25) is 0 Å². The number of rotatable bonds is 30. The van der Waals surface area contributed by atoms with Crippen molar-refractivity contribution >= 4 is 51.8 Å². The van der Waals surface area contributed by atoms with E-state index in [1.807, 2.05) is 90.1 Å². The fraction of sp³-hybridized carbons (Fsp3) is 0.585. The van der Waals surface area contributed by atoms with Gasteiger partial charge in [-0.1, -0.05) is 136 Å². The summed E-state index contributed by atoms with van der Waals surface area (Å²) in [7, 11) is 0. The fourth-order valence-electron chi connectivity index (χ4n) is 10.2. The summed E-state index contributed by atoms with van der Waals surface area (Å²) in [6.07, 6.45) is 24.6. The van der Waals surface area contributed by atoms with E-state index in [0.29, 0.717) is 43.6 Å². The van der Waals surface area contributed by atoms with Crippen LogP contribution in [0.3, 0.4) is 0 Å². The molecule has 1 N–H and O–H groups in total. The lowest BCUT2D eigenvalue weighted by atomic mass is 9.85. The molecule has 4 atom stereocenters. The van der Waals surface area contributed by atoms with Crippen molar-refractivity contribution in [3.05, 3.63) is 146 Å². The van der Waals surface area contributed by atoms with E-state index in [1.165, 1.54) is 18.1 Å². The lowest BCUT2D eigenvalue weighted by molar-refractivity contribution is -0.172. The summed E-state index contributed by atoms with van der Waals surface area (Å²) in [6, 6.07) is 23.4. The lowest BCUT2D eigenvalue weighted by Gasteiger charge is -2.33. The number of hydrogen-bond acceptors (Lipinski definition) is 17. The van der Waals surface area contributed by atoms with Gasteiger partial charge in [0.05, 0.1) is 10.8 Å². The van der Waals surface area contributed by atoms with E-state index in [9.17, 15) is 28.8 Å². The van der Waals surface area contributed by atoms with Crippen molar-refractivity contribution in [2.45, 2.75) is 267 Å². The van der Waals surface area contributed by atoms with Crippen LogP contribution in [0.5, 0.6) is 17.2 Å². The zero-order valence-corrected chi connectivity index (χ0v) is 64.8. The van der Waals surface area contributed by atoms with Gasteiger partial charge in [0.15, 0.2) is 32.4 Å². The van der Waals surface area contributed by atoms with Crippen LogP contribution in [0.4, 0.5) is 0 Å². The number of hydrogen-bond donors (Lipinski definition) is 1. The van der Waals surface area contributed by atoms with Gasteiger partial charge in [0.2, 0.25) is 0 Å². The van der Waals surface area contributed by atoms with E-state index in [0.717, 1.165) is 126 Å². The summed E-state index contributed by atoms with van der Waals surface area (Å²) in [5, 5.41) is 9.01. The number of benzene rings is 3. The number of carbonyl (C=O) groups excluding carboxylic acids is 6. The molecule has 562 valence electrons. The van der Waals surface area contributed by atoms with Crippen LogP contribution < -0.4 is 9.47 Å². The van der Waals surface area contributed by atoms with E-state index < -0.39 is 51.5 Å². The van der Waals surface area contributed by atoms with Crippen LogP contribution in [0.1, 0.15) is 254 Å². The van der Waals surface area contributed by atoms with Crippen LogP contribution in [0.15, 0.2) is 129 Å². The number of carbonyl (C=O) groups is 6. The molecule has 0 saturated heterocycles. The van der Waals surface area contributed by atoms with E-state index >= 15 is 0 Å². The third-order valence-electron chi connectivity index (χ3n) is 18.0. The monoisotopic (exact) mass is 1410 g/mol. The van der Waals surface area contributed by atoms with Crippen molar-refractivity contribution in [1.82, 2.24) is 0 Å². The maximum absolute atomic E-state index is 11.8. The van der Waals surface area contributed by atoms with Gasteiger partial charge in [-0.05, 0) is 248 Å². The Morgan fingerprint density at radius 3 is 1.05 bits per heavy atom. The molecule has 0 radical (unpaired) electrons. The minimum Gasteiger partial charge on any atom is -0.577 e. The Labute approximate surface area is 604 Å². The Balaban J connectivity index is 0.00000118. The SMILES string of the molecule is C=CC1(OC(=O)COC(=O)C(=C)C)CCCCC1.C=CC1(OC(=O)COC(=O)C(C)(C)CC)CCCCC1.C=CC1(OC(=O)COC(=O)C(C)(C)CC)CCCCC1.C=Cc1ccc(OC(C)OCC)cc1.CCC(C)c1ccc(O)cc1.CCOC(C)Oc1ccc(C(C)CC)cc1.[PH2-]. The molecule has 0 spiro atoms. The Morgan fingerprint density at radius 1 is 0.480 bits per heavy atom. The molecule has 17 nitrogen and oxygen atoms in total. The molecular weight excluding hydrogens is 1290 g/mol. The first-order valence-corrected chi connectivity index (χ1v) is 35.8. The average Bonchev–Trinajstić information content (AvgIpc) is 0.855. The molecule has 18 heteroatoms. The Kier molecular flexibility index (Phi) is 46.0. The van der Waals surface area contributed by atoms with Crippen LogP contribution in [-0.4, -0.2) is 103 Å². The maximum atomic E-state index is 11.8. The van der Waals surface area contributed by atoms with Crippen LogP contribution in [0, 0.1) is 10.8 Å². The van der Waals surface area contributed by atoms with Gasteiger partial charge in [-0.3, -0.25) is 9.59 Å². The van der Waals surface area contributed by atoms with Gasteiger partial charge in [-0.15, -0.1) is 0 Å². The molecule has 3 fully saturated rings. The molecular formula is C82H126O17P-. The molecule has 0 bridgehead atoms. The summed E-state index contributed by atoms with van der Waals surface area (Å²) in [5.41, 5.74) is 1.15. The van der Waals surface area contributed by atoms with Crippen molar-refractivity contribution in [2.24, 2.45) is 10.8 Å². The van der Waals surface area contributed by atoms with Crippen molar-refractivity contribution in [3.63, 3.8) is 0 Å². The fourth-order valence-corrected chi connectivity index (χ4v) is 10.2. The van der Waals surface area contributed by atoms with Gasteiger partial charge >= 0.3 is 35.8 Å². The van der Waals surface area contributed by atoms with Gasteiger partial charge in [-0.2, -0.15) is 0 Å². The second kappa shape index (κ2) is 49.5. The standard InChI is InChI=1S/2C16H26O4.C14H20O4.C14H22O2.C12H16O2.C10H14O.H2P/c2*1-5-15(3,4)14(18)19-12-13(17)20-16(6-2)10-8-7-9-11-16;1-4-14(8-6-5-7-9-14)18-12(15)10-17-13(16)11(2)3;1-5-11(3)13-7-9-14(10-8-13)16-12(4)15-6-2;1-4-11-6-8-12(9-7-11)14-10(3)13-5-2;1-3-8(2)9-4-6-10(11)7-5-9;/h2*6H,2,5,7-12H2,1,3-4H3;4H,1-2,5-10H2,3H3;7-12H,5-6H2,1-4H3;4,6-10H,1,5H2,2-3H3;4-8,11H,3H2,1-2H3;1H2/q;;;;;;-1. The molecule has 0 aromatic heterocycles. The van der Waals surface area contributed by atoms with Gasteiger partial charge in [-0.25, -0.2) is 19.2 Å². The van der Waals surface area contributed by atoms with E-state index in [1.54, 1.807) is 64.1 Å². The smallest absolute Gasteiger partial charge is 0.345 e. The van der Waals surface area contributed by atoms with Crippen molar-refractivity contribution in [2.75, 3.05) is 33.0 Å². The molecule has 3 aliphatic rings. The van der Waals surface area contributed by atoms with Gasteiger partial charge in [0, 0.05) is 18.8 Å². The van der Waals surface area contributed by atoms with Gasteiger partial charge in [0.25, 0.3) is 0 Å². The highest BCUT2D eigenvalue weighted by Gasteiger charge is 2.37.